The molecule has 0 saturated carbocycles. The van der Waals surface area contributed by atoms with Crippen molar-refractivity contribution in [2.24, 2.45) is 0 Å². The quantitative estimate of drug-likeness (QED) is 0.750. The molecule has 20 heavy (non-hydrogen) atoms. The number of hydrogen-bond acceptors (Lipinski definition) is 3. The van der Waals surface area contributed by atoms with Gasteiger partial charge in [0.15, 0.2) is 0 Å². The van der Waals surface area contributed by atoms with Gasteiger partial charge in [-0.2, -0.15) is 4.31 Å². The Labute approximate surface area is 123 Å². The lowest BCUT2D eigenvalue weighted by Crippen LogP contribution is -2.34. The van der Waals surface area contributed by atoms with E-state index in [0.29, 0.717) is 24.3 Å². The van der Waals surface area contributed by atoms with Gasteiger partial charge in [-0.05, 0) is 31.4 Å². The van der Waals surface area contributed by atoms with Gasteiger partial charge in [0, 0.05) is 13.1 Å². The standard InChI is InChI=1S/C15H26N2O2S/c1-4-6-11-17(12-7-5-2)20(18,19)15-13(3)9-8-10-14(15)16/h8-10H,4-7,11-12,16H2,1-3H3. The Bertz CT molecular complexity index is 498. The van der Waals surface area contributed by atoms with Crippen molar-refractivity contribution < 1.29 is 8.42 Å². The molecule has 0 amide bonds. The first kappa shape index (κ1) is 17.0. The molecule has 0 radical (unpaired) electrons. The highest BCUT2D eigenvalue weighted by Crippen LogP contribution is 2.26. The minimum atomic E-state index is -3.50. The molecule has 114 valence electrons. The molecule has 0 aromatic heterocycles. The van der Waals surface area contributed by atoms with E-state index in [1.165, 1.54) is 0 Å². The second kappa shape index (κ2) is 7.64. The second-order valence-electron chi connectivity index (χ2n) is 5.10. The van der Waals surface area contributed by atoms with Crippen LogP contribution in [0.2, 0.25) is 0 Å². The molecule has 0 aliphatic heterocycles. The van der Waals surface area contributed by atoms with Crippen molar-refractivity contribution in [1.82, 2.24) is 4.31 Å². The topological polar surface area (TPSA) is 63.4 Å². The number of hydrogen-bond donors (Lipinski definition) is 1. The van der Waals surface area contributed by atoms with Crippen LogP contribution in [-0.4, -0.2) is 25.8 Å². The van der Waals surface area contributed by atoms with E-state index in [-0.39, 0.29) is 4.90 Å². The first-order valence-corrected chi connectivity index (χ1v) is 8.74. The molecule has 0 aliphatic carbocycles. The molecule has 0 fully saturated rings. The van der Waals surface area contributed by atoms with E-state index in [1.807, 2.05) is 0 Å². The van der Waals surface area contributed by atoms with E-state index in [9.17, 15) is 8.42 Å². The van der Waals surface area contributed by atoms with Crippen molar-refractivity contribution in [2.75, 3.05) is 18.8 Å². The number of unbranched alkanes of at least 4 members (excludes halogenated alkanes) is 2. The number of aryl methyl sites for hydroxylation is 1. The normalized spacial score (nSPS) is 12.0. The Morgan fingerprint density at radius 3 is 2.10 bits per heavy atom. The maximum atomic E-state index is 12.8. The minimum absolute atomic E-state index is 0.271. The van der Waals surface area contributed by atoms with Gasteiger partial charge >= 0.3 is 0 Å². The van der Waals surface area contributed by atoms with Gasteiger partial charge in [0.1, 0.15) is 4.90 Å². The molecular formula is C15H26N2O2S. The highest BCUT2D eigenvalue weighted by molar-refractivity contribution is 7.89. The van der Waals surface area contributed by atoms with E-state index in [0.717, 1.165) is 25.7 Å². The molecule has 0 bridgehead atoms. The molecule has 1 rings (SSSR count). The fraction of sp³-hybridized carbons (Fsp3) is 0.600. The lowest BCUT2D eigenvalue weighted by molar-refractivity contribution is 0.395. The Morgan fingerprint density at radius 2 is 1.65 bits per heavy atom. The van der Waals surface area contributed by atoms with E-state index in [2.05, 4.69) is 13.8 Å². The van der Waals surface area contributed by atoms with Crippen LogP contribution in [0.15, 0.2) is 23.1 Å². The first-order chi connectivity index (χ1) is 9.45. The Morgan fingerprint density at radius 1 is 1.10 bits per heavy atom. The molecule has 1 aromatic rings. The molecule has 0 atom stereocenters. The summed E-state index contributed by atoms with van der Waals surface area (Å²) in [6, 6.07) is 5.23. The van der Waals surface area contributed by atoms with Crippen LogP contribution in [0, 0.1) is 6.92 Å². The van der Waals surface area contributed by atoms with Gasteiger partial charge in [0.05, 0.1) is 5.69 Å². The molecular weight excluding hydrogens is 272 g/mol. The lowest BCUT2D eigenvalue weighted by Gasteiger charge is -2.23. The Kier molecular flexibility index (Phi) is 6.49. The number of nitrogens with zero attached hydrogens (tertiary/aromatic N) is 1. The highest BCUT2D eigenvalue weighted by Gasteiger charge is 2.27. The summed E-state index contributed by atoms with van der Waals surface area (Å²) in [5, 5.41) is 0. The summed E-state index contributed by atoms with van der Waals surface area (Å²) in [7, 11) is -3.50. The van der Waals surface area contributed by atoms with E-state index in [4.69, 9.17) is 5.73 Å². The van der Waals surface area contributed by atoms with Gasteiger partial charge in [-0.15, -0.1) is 0 Å². The number of sulfonamides is 1. The summed E-state index contributed by atoms with van der Waals surface area (Å²) in [5.74, 6) is 0. The zero-order valence-corrected chi connectivity index (χ0v) is 13.5. The van der Waals surface area contributed by atoms with Crippen LogP contribution in [0.25, 0.3) is 0 Å². The molecule has 4 nitrogen and oxygen atoms in total. The molecule has 0 unspecified atom stereocenters. The van der Waals surface area contributed by atoms with Crippen LogP contribution in [-0.2, 0) is 10.0 Å². The second-order valence-corrected chi connectivity index (χ2v) is 6.98. The fourth-order valence-corrected chi connectivity index (χ4v) is 4.02. The van der Waals surface area contributed by atoms with Crippen molar-refractivity contribution >= 4 is 15.7 Å². The largest absolute Gasteiger partial charge is 0.398 e. The van der Waals surface area contributed by atoms with Crippen molar-refractivity contribution in [3.63, 3.8) is 0 Å². The monoisotopic (exact) mass is 298 g/mol. The Hall–Kier alpha value is -1.07. The third-order valence-corrected chi connectivity index (χ3v) is 5.48. The maximum Gasteiger partial charge on any atom is 0.245 e. The van der Waals surface area contributed by atoms with Gasteiger partial charge in [0.2, 0.25) is 10.0 Å². The molecule has 0 saturated heterocycles. The third-order valence-electron chi connectivity index (χ3n) is 3.36. The number of nitrogen functional groups attached to an aromatic ring is 1. The number of benzene rings is 1. The van der Waals surface area contributed by atoms with E-state index in [1.54, 1.807) is 29.4 Å². The lowest BCUT2D eigenvalue weighted by atomic mass is 10.2. The summed E-state index contributed by atoms with van der Waals surface area (Å²) in [5.41, 5.74) is 6.94. The molecule has 2 N–H and O–H groups in total. The van der Waals surface area contributed by atoms with E-state index < -0.39 is 10.0 Å². The summed E-state index contributed by atoms with van der Waals surface area (Å²) < 4.78 is 27.2. The first-order valence-electron chi connectivity index (χ1n) is 7.30. The summed E-state index contributed by atoms with van der Waals surface area (Å²) in [6.45, 7) is 7.04. The van der Waals surface area contributed by atoms with Crippen LogP contribution >= 0.6 is 0 Å². The van der Waals surface area contributed by atoms with Crippen LogP contribution in [0.5, 0.6) is 0 Å². The van der Waals surface area contributed by atoms with Crippen LogP contribution in [0.1, 0.15) is 45.1 Å². The maximum absolute atomic E-state index is 12.8. The minimum Gasteiger partial charge on any atom is -0.398 e. The average Bonchev–Trinajstić information content (AvgIpc) is 2.38. The van der Waals surface area contributed by atoms with Gasteiger partial charge in [-0.3, -0.25) is 0 Å². The summed E-state index contributed by atoms with van der Waals surface area (Å²) in [6.07, 6.45) is 3.69. The van der Waals surface area contributed by atoms with Crippen LogP contribution < -0.4 is 5.73 Å². The van der Waals surface area contributed by atoms with Gasteiger partial charge < -0.3 is 5.73 Å². The zero-order chi connectivity index (χ0) is 15.2. The average molecular weight is 298 g/mol. The SMILES string of the molecule is CCCCN(CCCC)S(=O)(=O)c1c(C)cccc1N. The third kappa shape index (κ3) is 3.96. The predicted octanol–water partition coefficient (Wildman–Crippen LogP) is 3.17. The van der Waals surface area contributed by atoms with Crippen molar-refractivity contribution in [3.8, 4) is 0 Å². The van der Waals surface area contributed by atoms with Crippen molar-refractivity contribution in [2.45, 2.75) is 51.3 Å². The molecule has 1 aromatic carbocycles. The predicted molar refractivity (Wildman–Crippen MR) is 84.2 cm³/mol. The summed E-state index contributed by atoms with van der Waals surface area (Å²) in [4.78, 5) is 0.271. The van der Waals surface area contributed by atoms with Crippen molar-refractivity contribution in [1.29, 1.82) is 0 Å². The molecule has 0 aliphatic rings. The van der Waals surface area contributed by atoms with Gasteiger partial charge in [-0.1, -0.05) is 38.8 Å². The molecule has 5 heteroatoms. The number of nitrogens with two attached hydrogens (primary N) is 1. The fourth-order valence-electron chi connectivity index (χ4n) is 2.18. The van der Waals surface area contributed by atoms with Crippen molar-refractivity contribution in [3.05, 3.63) is 23.8 Å². The Balaban J connectivity index is 3.14. The van der Waals surface area contributed by atoms with Crippen LogP contribution in [0.4, 0.5) is 5.69 Å². The smallest absolute Gasteiger partial charge is 0.245 e. The number of anilines is 1. The zero-order valence-electron chi connectivity index (χ0n) is 12.7. The highest BCUT2D eigenvalue weighted by atomic mass is 32.2. The summed E-state index contributed by atoms with van der Waals surface area (Å²) >= 11 is 0. The number of rotatable bonds is 8. The van der Waals surface area contributed by atoms with E-state index >= 15 is 0 Å². The molecule has 0 heterocycles. The van der Waals surface area contributed by atoms with Crippen LogP contribution in [0.3, 0.4) is 0 Å². The van der Waals surface area contributed by atoms with Gasteiger partial charge in [-0.25, -0.2) is 8.42 Å². The molecule has 0 spiro atoms. The van der Waals surface area contributed by atoms with Gasteiger partial charge in [0.25, 0.3) is 0 Å².